The van der Waals surface area contributed by atoms with E-state index in [9.17, 15) is 9.59 Å². The first kappa shape index (κ1) is 23.7. The predicted octanol–water partition coefficient (Wildman–Crippen LogP) is 6.35. The third-order valence-electron chi connectivity index (χ3n) is 5.08. The molecule has 4 aromatic rings. The number of benzene rings is 4. The van der Waals surface area contributed by atoms with Gasteiger partial charge in [0, 0.05) is 22.9 Å². The lowest BCUT2D eigenvalue weighted by Crippen LogP contribution is -2.23. The minimum atomic E-state index is -0.124. The molecule has 4 nitrogen and oxygen atoms in total. The molecule has 2 amide bonds. The van der Waals surface area contributed by atoms with Crippen LogP contribution in [0.4, 0.5) is 0 Å². The molecule has 0 aliphatic rings. The Morgan fingerprint density at radius 3 is 1.26 bits per heavy atom. The van der Waals surface area contributed by atoms with Crippen molar-refractivity contribution in [3.05, 3.63) is 131 Å². The van der Waals surface area contributed by atoms with Crippen LogP contribution in [-0.4, -0.2) is 11.8 Å². The third kappa shape index (κ3) is 6.53. The number of rotatable bonds is 9. The highest BCUT2D eigenvalue weighted by atomic mass is 33.1. The molecule has 0 spiro atoms. The van der Waals surface area contributed by atoms with Crippen LogP contribution in [-0.2, 0) is 13.1 Å². The molecule has 0 aliphatic carbocycles. The lowest BCUT2D eigenvalue weighted by Gasteiger charge is -2.12. The van der Waals surface area contributed by atoms with Crippen LogP contribution < -0.4 is 10.6 Å². The van der Waals surface area contributed by atoms with Crippen molar-refractivity contribution >= 4 is 33.4 Å². The van der Waals surface area contributed by atoms with Crippen molar-refractivity contribution in [2.24, 2.45) is 0 Å². The topological polar surface area (TPSA) is 58.2 Å². The molecule has 0 heterocycles. The second kappa shape index (κ2) is 12.1. The Morgan fingerprint density at radius 1 is 0.500 bits per heavy atom. The summed E-state index contributed by atoms with van der Waals surface area (Å²) in [7, 11) is 2.94. The van der Waals surface area contributed by atoms with Gasteiger partial charge in [0.2, 0.25) is 0 Å². The van der Waals surface area contributed by atoms with Gasteiger partial charge in [-0.05, 0) is 35.4 Å². The van der Waals surface area contributed by atoms with Gasteiger partial charge in [-0.2, -0.15) is 0 Å². The van der Waals surface area contributed by atoms with E-state index in [1.54, 1.807) is 0 Å². The predicted molar refractivity (Wildman–Crippen MR) is 140 cm³/mol. The molecule has 0 atom stereocenters. The Kier molecular flexibility index (Phi) is 8.43. The fourth-order valence-corrected chi connectivity index (χ4v) is 5.65. The highest BCUT2D eigenvalue weighted by Crippen LogP contribution is 2.40. The zero-order valence-corrected chi connectivity index (χ0v) is 20.1. The summed E-state index contributed by atoms with van der Waals surface area (Å²) in [5, 5.41) is 5.98. The van der Waals surface area contributed by atoms with Crippen molar-refractivity contribution in [2.75, 3.05) is 0 Å². The molecule has 0 unspecified atom stereocenters. The van der Waals surface area contributed by atoms with E-state index in [1.807, 2.05) is 109 Å². The summed E-state index contributed by atoms with van der Waals surface area (Å²) in [5.41, 5.74) is 3.32. The van der Waals surface area contributed by atoms with E-state index in [0.717, 1.165) is 20.9 Å². The van der Waals surface area contributed by atoms with E-state index in [0.29, 0.717) is 24.2 Å². The molecule has 4 aromatic carbocycles. The minimum Gasteiger partial charge on any atom is -0.348 e. The first-order valence-electron chi connectivity index (χ1n) is 10.9. The van der Waals surface area contributed by atoms with Crippen LogP contribution in [0.2, 0.25) is 0 Å². The molecular formula is C28H24N2O2S2. The van der Waals surface area contributed by atoms with Crippen molar-refractivity contribution in [1.82, 2.24) is 10.6 Å². The van der Waals surface area contributed by atoms with Crippen LogP contribution in [0.15, 0.2) is 119 Å². The molecular weight excluding hydrogens is 460 g/mol. The van der Waals surface area contributed by atoms with Crippen molar-refractivity contribution in [3.63, 3.8) is 0 Å². The second-order valence-corrected chi connectivity index (χ2v) is 9.71. The largest absolute Gasteiger partial charge is 0.348 e. The average molecular weight is 485 g/mol. The van der Waals surface area contributed by atoms with E-state index in [-0.39, 0.29) is 11.8 Å². The van der Waals surface area contributed by atoms with Gasteiger partial charge < -0.3 is 10.6 Å². The van der Waals surface area contributed by atoms with Gasteiger partial charge in [-0.25, -0.2) is 0 Å². The number of hydrogen-bond acceptors (Lipinski definition) is 4. The minimum absolute atomic E-state index is 0.124. The summed E-state index contributed by atoms with van der Waals surface area (Å²) in [4.78, 5) is 27.4. The average Bonchev–Trinajstić information content (AvgIpc) is 2.90. The highest BCUT2D eigenvalue weighted by Gasteiger charge is 2.15. The standard InChI is InChI=1S/C28H24N2O2S2/c31-27(29-19-21-11-3-1-4-12-21)23-15-7-9-17-25(23)33-34-26-18-10-8-16-24(26)28(32)30-20-22-13-5-2-6-14-22/h1-18H,19-20H2,(H,29,31)(H,30,32). The van der Waals surface area contributed by atoms with E-state index in [2.05, 4.69) is 10.6 Å². The molecule has 0 saturated heterocycles. The molecule has 0 aliphatic heterocycles. The molecule has 34 heavy (non-hydrogen) atoms. The molecule has 4 rings (SSSR count). The number of hydrogen-bond donors (Lipinski definition) is 2. The lowest BCUT2D eigenvalue weighted by atomic mass is 10.2. The van der Waals surface area contributed by atoms with Gasteiger partial charge in [-0.1, -0.05) is 107 Å². The summed E-state index contributed by atoms with van der Waals surface area (Å²) < 4.78 is 0. The van der Waals surface area contributed by atoms with Crippen LogP contribution in [0.5, 0.6) is 0 Å². The van der Waals surface area contributed by atoms with E-state index < -0.39 is 0 Å². The molecule has 6 heteroatoms. The summed E-state index contributed by atoms with van der Waals surface area (Å²) in [5.74, 6) is -0.247. The summed E-state index contributed by atoms with van der Waals surface area (Å²) in [6.07, 6.45) is 0. The van der Waals surface area contributed by atoms with Gasteiger partial charge in [0.15, 0.2) is 0 Å². The van der Waals surface area contributed by atoms with Gasteiger partial charge in [0.1, 0.15) is 0 Å². The molecule has 0 radical (unpaired) electrons. The normalized spacial score (nSPS) is 10.5. The Hall–Kier alpha value is -3.48. The summed E-state index contributed by atoms with van der Waals surface area (Å²) in [6, 6.07) is 34.7. The van der Waals surface area contributed by atoms with Crippen LogP contribution >= 0.6 is 21.6 Å². The zero-order valence-electron chi connectivity index (χ0n) is 18.4. The maximum Gasteiger partial charge on any atom is 0.252 e. The van der Waals surface area contributed by atoms with Gasteiger partial charge in [-0.15, -0.1) is 0 Å². The van der Waals surface area contributed by atoms with Crippen molar-refractivity contribution in [2.45, 2.75) is 22.9 Å². The van der Waals surface area contributed by atoms with Crippen LogP contribution in [0.3, 0.4) is 0 Å². The molecule has 170 valence electrons. The number of carbonyl (C=O) groups excluding carboxylic acids is 2. The highest BCUT2D eigenvalue weighted by molar-refractivity contribution is 8.76. The van der Waals surface area contributed by atoms with E-state index in [4.69, 9.17) is 0 Å². The number of carbonyl (C=O) groups is 2. The Bertz CT molecular complexity index is 1150. The number of amides is 2. The SMILES string of the molecule is O=C(NCc1ccccc1)c1ccccc1SSc1ccccc1C(=O)NCc1ccccc1. The van der Waals surface area contributed by atoms with Crippen LogP contribution in [0.1, 0.15) is 31.8 Å². The first-order chi connectivity index (χ1) is 16.7. The van der Waals surface area contributed by atoms with Gasteiger partial charge in [0.25, 0.3) is 11.8 Å². The molecule has 0 fully saturated rings. The van der Waals surface area contributed by atoms with Crippen molar-refractivity contribution in [3.8, 4) is 0 Å². The monoisotopic (exact) mass is 484 g/mol. The van der Waals surface area contributed by atoms with Gasteiger partial charge in [-0.3, -0.25) is 9.59 Å². The lowest BCUT2D eigenvalue weighted by molar-refractivity contribution is 0.0940. The van der Waals surface area contributed by atoms with E-state index in [1.165, 1.54) is 21.6 Å². The van der Waals surface area contributed by atoms with Crippen molar-refractivity contribution < 1.29 is 9.59 Å². The zero-order chi connectivity index (χ0) is 23.6. The van der Waals surface area contributed by atoms with Crippen molar-refractivity contribution in [1.29, 1.82) is 0 Å². The van der Waals surface area contributed by atoms with Gasteiger partial charge in [0.05, 0.1) is 11.1 Å². The molecule has 2 N–H and O–H groups in total. The fraction of sp³-hybridized carbons (Fsp3) is 0.0714. The second-order valence-electron chi connectivity index (χ2n) is 7.50. The smallest absolute Gasteiger partial charge is 0.252 e. The fourth-order valence-electron chi connectivity index (χ4n) is 3.29. The molecule has 0 bridgehead atoms. The Balaban J connectivity index is 1.41. The third-order valence-corrected chi connectivity index (χ3v) is 7.56. The first-order valence-corrected chi connectivity index (χ1v) is 13.0. The Labute approximate surface area is 207 Å². The van der Waals surface area contributed by atoms with Gasteiger partial charge >= 0.3 is 0 Å². The maximum absolute atomic E-state index is 12.8. The van der Waals surface area contributed by atoms with Crippen LogP contribution in [0, 0.1) is 0 Å². The number of nitrogens with one attached hydrogen (secondary N) is 2. The quantitative estimate of drug-likeness (QED) is 0.272. The van der Waals surface area contributed by atoms with E-state index >= 15 is 0 Å². The maximum atomic E-state index is 12.8. The molecule has 0 aromatic heterocycles. The summed E-state index contributed by atoms with van der Waals surface area (Å²) in [6.45, 7) is 0.937. The van der Waals surface area contributed by atoms with Crippen LogP contribution in [0.25, 0.3) is 0 Å². The Morgan fingerprint density at radius 2 is 0.853 bits per heavy atom. The molecule has 0 saturated carbocycles. The summed E-state index contributed by atoms with van der Waals surface area (Å²) >= 11 is 0.